The summed E-state index contributed by atoms with van der Waals surface area (Å²) in [6, 6.07) is 14.2. The molecule has 0 aliphatic rings. The average molecular weight is 395 g/mol. The van der Waals surface area contributed by atoms with Crippen molar-refractivity contribution in [3.8, 4) is 5.75 Å². The van der Waals surface area contributed by atoms with Gasteiger partial charge in [0.05, 0.1) is 18.4 Å². The molecular weight excluding hydrogens is 374 g/mol. The van der Waals surface area contributed by atoms with Gasteiger partial charge in [-0.25, -0.2) is 0 Å². The van der Waals surface area contributed by atoms with E-state index in [2.05, 4.69) is 22.5 Å². The summed E-state index contributed by atoms with van der Waals surface area (Å²) in [4.78, 5) is 24.3. The number of thiocarbonyl (C=S) groups is 1. The van der Waals surface area contributed by atoms with Crippen molar-refractivity contribution in [1.82, 2.24) is 10.6 Å². The molecule has 3 N–H and O–H groups in total. The van der Waals surface area contributed by atoms with Gasteiger partial charge in [0.15, 0.2) is 5.11 Å². The third-order valence-corrected chi connectivity index (χ3v) is 3.82. The predicted molar refractivity (Wildman–Crippen MR) is 115 cm³/mol. The van der Waals surface area contributed by atoms with Gasteiger partial charge in [-0.2, -0.15) is 0 Å². The fourth-order valence-corrected chi connectivity index (χ4v) is 2.54. The molecule has 0 saturated heterocycles. The summed E-state index contributed by atoms with van der Waals surface area (Å²) in [5, 5.41) is 8.21. The van der Waals surface area contributed by atoms with Gasteiger partial charge in [-0.05, 0) is 36.5 Å². The van der Waals surface area contributed by atoms with Crippen molar-refractivity contribution < 1.29 is 14.3 Å². The summed E-state index contributed by atoms with van der Waals surface area (Å²) < 4.78 is 5.24. The van der Waals surface area contributed by atoms with Gasteiger partial charge < -0.3 is 15.4 Å². The Labute approximate surface area is 169 Å². The SMILES string of the molecule is C=CCNC(=O)c1ccccc1NC(=S)NC(=O)/C=C/c1ccccc1OC. The average Bonchev–Trinajstić information content (AvgIpc) is 2.71. The zero-order chi connectivity index (χ0) is 20.4. The van der Waals surface area contributed by atoms with Crippen LogP contribution >= 0.6 is 12.2 Å². The minimum Gasteiger partial charge on any atom is -0.496 e. The second kappa shape index (κ2) is 10.6. The lowest BCUT2D eigenvalue weighted by atomic mass is 10.1. The molecule has 2 aromatic carbocycles. The topological polar surface area (TPSA) is 79.5 Å². The molecule has 7 heteroatoms. The summed E-state index contributed by atoms with van der Waals surface area (Å²) in [6.07, 6.45) is 4.58. The zero-order valence-electron chi connectivity index (χ0n) is 15.4. The summed E-state index contributed by atoms with van der Waals surface area (Å²) in [7, 11) is 1.56. The molecule has 144 valence electrons. The van der Waals surface area contributed by atoms with Crippen LogP contribution in [0.3, 0.4) is 0 Å². The van der Waals surface area contributed by atoms with E-state index in [9.17, 15) is 9.59 Å². The Hall–Kier alpha value is -3.45. The molecule has 28 heavy (non-hydrogen) atoms. The highest BCUT2D eigenvalue weighted by molar-refractivity contribution is 7.80. The van der Waals surface area contributed by atoms with Gasteiger partial charge in [-0.15, -0.1) is 6.58 Å². The normalized spacial score (nSPS) is 10.2. The van der Waals surface area contributed by atoms with Crippen LogP contribution in [0.25, 0.3) is 6.08 Å². The maximum absolute atomic E-state index is 12.2. The van der Waals surface area contributed by atoms with E-state index in [1.807, 2.05) is 18.2 Å². The molecule has 0 spiro atoms. The van der Waals surface area contributed by atoms with Crippen LogP contribution in [-0.2, 0) is 4.79 Å². The first-order valence-corrected chi connectivity index (χ1v) is 8.87. The lowest BCUT2D eigenvalue weighted by Crippen LogP contribution is -2.34. The van der Waals surface area contributed by atoms with Gasteiger partial charge in [0, 0.05) is 18.2 Å². The van der Waals surface area contributed by atoms with Crippen LogP contribution in [0.4, 0.5) is 5.69 Å². The minimum absolute atomic E-state index is 0.0821. The molecule has 2 rings (SSSR count). The Morgan fingerprint density at radius 3 is 2.61 bits per heavy atom. The molecule has 0 bridgehead atoms. The quantitative estimate of drug-likeness (QED) is 0.381. The van der Waals surface area contributed by atoms with Gasteiger partial charge in [0.1, 0.15) is 5.75 Å². The molecular formula is C21H21N3O3S. The van der Waals surface area contributed by atoms with E-state index >= 15 is 0 Å². The van der Waals surface area contributed by atoms with Gasteiger partial charge in [-0.3, -0.25) is 14.9 Å². The highest BCUT2D eigenvalue weighted by Crippen LogP contribution is 2.18. The molecule has 0 fully saturated rings. The van der Waals surface area contributed by atoms with E-state index < -0.39 is 5.91 Å². The number of carbonyl (C=O) groups excluding carboxylic acids is 2. The zero-order valence-corrected chi connectivity index (χ0v) is 16.2. The van der Waals surface area contributed by atoms with E-state index in [1.165, 1.54) is 6.08 Å². The van der Waals surface area contributed by atoms with Gasteiger partial charge in [-0.1, -0.05) is 36.4 Å². The second-order valence-electron chi connectivity index (χ2n) is 5.56. The molecule has 6 nitrogen and oxygen atoms in total. The molecule has 0 aliphatic carbocycles. The number of carbonyl (C=O) groups is 2. The monoisotopic (exact) mass is 395 g/mol. The number of rotatable bonds is 7. The van der Waals surface area contributed by atoms with E-state index in [-0.39, 0.29) is 11.0 Å². The smallest absolute Gasteiger partial charge is 0.253 e. The van der Waals surface area contributed by atoms with Crippen LogP contribution in [0, 0.1) is 0 Å². The number of hydrogen-bond donors (Lipinski definition) is 3. The first-order valence-electron chi connectivity index (χ1n) is 8.46. The molecule has 0 saturated carbocycles. The number of benzene rings is 2. The number of hydrogen-bond acceptors (Lipinski definition) is 4. The maximum Gasteiger partial charge on any atom is 0.253 e. The van der Waals surface area contributed by atoms with Gasteiger partial charge in [0.2, 0.25) is 5.91 Å². The molecule has 0 aliphatic heterocycles. The summed E-state index contributed by atoms with van der Waals surface area (Å²) in [6.45, 7) is 3.92. The van der Waals surface area contributed by atoms with Crippen LogP contribution < -0.4 is 20.7 Å². The Balaban J connectivity index is 2.00. The van der Waals surface area contributed by atoms with E-state index in [4.69, 9.17) is 17.0 Å². The largest absolute Gasteiger partial charge is 0.496 e. The molecule has 2 amide bonds. The Morgan fingerprint density at radius 2 is 1.86 bits per heavy atom. The number of nitrogens with one attached hydrogen (secondary N) is 3. The fraction of sp³-hybridized carbons (Fsp3) is 0.0952. The lowest BCUT2D eigenvalue weighted by Gasteiger charge is -2.12. The highest BCUT2D eigenvalue weighted by Gasteiger charge is 2.11. The maximum atomic E-state index is 12.2. The third kappa shape index (κ3) is 6.07. The Bertz CT molecular complexity index is 909. The molecule has 0 heterocycles. The van der Waals surface area contributed by atoms with Gasteiger partial charge in [0.25, 0.3) is 5.91 Å². The van der Waals surface area contributed by atoms with Crippen LogP contribution in [0.15, 0.2) is 67.3 Å². The van der Waals surface area contributed by atoms with Crippen LogP contribution in [0.2, 0.25) is 0 Å². The molecule has 2 aromatic rings. The number of para-hydroxylation sites is 2. The highest BCUT2D eigenvalue weighted by atomic mass is 32.1. The van der Waals surface area contributed by atoms with Crippen LogP contribution in [-0.4, -0.2) is 30.6 Å². The number of methoxy groups -OCH3 is 1. The van der Waals surface area contributed by atoms with Gasteiger partial charge >= 0.3 is 0 Å². The number of anilines is 1. The third-order valence-electron chi connectivity index (χ3n) is 3.62. The molecule has 0 radical (unpaired) electrons. The standard InChI is InChI=1S/C21H21N3O3S/c1-3-14-22-20(26)16-9-5-6-10-17(16)23-21(28)24-19(25)13-12-15-8-4-7-11-18(15)27-2/h3-13H,1,14H2,2H3,(H,22,26)(H2,23,24,25,28)/b13-12+. The van der Waals surface area contributed by atoms with E-state index in [1.54, 1.807) is 49.6 Å². The Morgan fingerprint density at radius 1 is 1.14 bits per heavy atom. The van der Waals surface area contributed by atoms with Crippen molar-refractivity contribution in [3.63, 3.8) is 0 Å². The summed E-state index contributed by atoms with van der Waals surface area (Å²) >= 11 is 5.18. The van der Waals surface area contributed by atoms with Crippen molar-refractivity contribution in [2.75, 3.05) is 19.0 Å². The summed E-state index contributed by atoms with van der Waals surface area (Å²) in [5.41, 5.74) is 1.66. The second-order valence-corrected chi connectivity index (χ2v) is 5.97. The van der Waals surface area contributed by atoms with Crippen molar-refractivity contribution in [3.05, 3.63) is 78.4 Å². The van der Waals surface area contributed by atoms with E-state index in [0.29, 0.717) is 23.5 Å². The van der Waals surface area contributed by atoms with Crippen molar-refractivity contribution >= 4 is 40.9 Å². The summed E-state index contributed by atoms with van der Waals surface area (Å²) in [5.74, 6) is -0.0168. The molecule has 0 atom stereocenters. The van der Waals surface area contributed by atoms with E-state index in [0.717, 1.165) is 5.56 Å². The minimum atomic E-state index is -0.406. The number of ether oxygens (including phenoxy) is 1. The first-order chi connectivity index (χ1) is 13.5. The fourth-order valence-electron chi connectivity index (χ4n) is 2.33. The first kappa shape index (κ1) is 20.9. The molecule has 0 aromatic heterocycles. The van der Waals surface area contributed by atoms with Crippen LogP contribution in [0.5, 0.6) is 5.75 Å². The predicted octanol–water partition coefficient (Wildman–Crippen LogP) is 3.14. The number of amides is 2. The van der Waals surface area contributed by atoms with Crippen molar-refractivity contribution in [1.29, 1.82) is 0 Å². The lowest BCUT2D eigenvalue weighted by molar-refractivity contribution is -0.115. The van der Waals surface area contributed by atoms with Crippen molar-refractivity contribution in [2.24, 2.45) is 0 Å². The van der Waals surface area contributed by atoms with Crippen LogP contribution in [0.1, 0.15) is 15.9 Å². The van der Waals surface area contributed by atoms with Crippen molar-refractivity contribution in [2.45, 2.75) is 0 Å². The molecule has 0 unspecified atom stereocenters. The Kier molecular flexibility index (Phi) is 7.92.